The minimum Gasteiger partial charge on any atom is -0.481 e. The van der Waals surface area contributed by atoms with E-state index in [9.17, 15) is 24.0 Å². The van der Waals surface area contributed by atoms with Crippen molar-refractivity contribution < 1.29 is 33.8 Å². The van der Waals surface area contributed by atoms with Crippen LogP contribution in [-0.4, -0.2) is 70.4 Å². The molecule has 2 aliphatic heterocycles. The van der Waals surface area contributed by atoms with Crippen LogP contribution >= 0.6 is 11.6 Å². The van der Waals surface area contributed by atoms with Crippen molar-refractivity contribution in [3.8, 4) is 0 Å². The number of aliphatic carboxylic acids is 1. The first-order chi connectivity index (χ1) is 18.8. The van der Waals surface area contributed by atoms with E-state index in [2.05, 4.69) is 22.0 Å². The monoisotopic (exact) mass is 574 g/mol. The number of likely N-dealkylation sites (tertiary alicyclic amines) is 1. The normalized spacial score (nSPS) is 24.5. The SMILES string of the molecule is CCC(=O)Nc1ccc(C(=O)NC(C2OC2N2C3=CCC(C3)C2C(=O)NC(C=O)CC(=O)O)C(C)(C)C)c(Cl)c1. The lowest BCUT2D eigenvalue weighted by molar-refractivity contribution is -0.139. The molecule has 6 atom stereocenters. The fraction of sp³-hybridized carbons (Fsp3) is 0.536. The number of amides is 3. The number of carboxylic acids is 1. The van der Waals surface area contributed by atoms with Gasteiger partial charge in [0.05, 0.1) is 29.1 Å². The van der Waals surface area contributed by atoms with Gasteiger partial charge in [-0.1, -0.05) is 45.4 Å². The van der Waals surface area contributed by atoms with Crippen molar-refractivity contribution in [1.82, 2.24) is 15.5 Å². The van der Waals surface area contributed by atoms with Crippen molar-refractivity contribution in [3.05, 3.63) is 40.6 Å². The summed E-state index contributed by atoms with van der Waals surface area (Å²) in [5.74, 6) is -2.17. The van der Waals surface area contributed by atoms with Crippen LogP contribution in [0.15, 0.2) is 30.0 Å². The Labute approximate surface area is 237 Å². The van der Waals surface area contributed by atoms with Crippen LogP contribution in [-0.2, 0) is 23.9 Å². The molecular weight excluding hydrogens is 540 g/mol. The molecule has 0 saturated carbocycles. The maximum atomic E-state index is 13.3. The second-order valence-corrected chi connectivity index (χ2v) is 11.9. The molecule has 1 aliphatic carbocycles. The van der Waals surface area contributed by atoms with Gasteiger partial charge in [0.15, 0.2) is 6.23 Å². The molecule has 1 aromatic carbocycles. The van der Waals surface area contributed by atoms with Crippen molar-refractivity contribution in [3.63, 3.8) is 0 Å². The summed E-state index contributed by atoms with van der Waals surface area (Å²) in [6.07, 6.45) is 2.79. The molecule has 4 rings (SSSR count). The fourth-order valence-electron chi connectivity index (χ4n) is 5.45. The summed E-state index contributed by atoms with van der Waals surface area (Å²) in [5.41, 5.74) is 1.28. The van der Waals surface area contributed by atoms with Crippen LogP contribution in [0.5, 0.6) is 0 Å². The lowest BCUT2D eigenvalue weighted by Crippen LogP contribution is -2.53. The number of benzene rings is 1. The maximum Gasteiger partial charge on any atom is 0.305 e. The van der Waals surface area contributed by atoms with Gasteiger partial charge in [0.1, 0.15) is 18.4 Å². The van der Waals surface area contributed by atoms with Gasteiger partial charge in [-0.15, -0.1) is 0 Å². The first-order valence-corrected chi connectivity index (χ1v) is 13.7. The molecular formula is C28H35ClN4O7. The molecule has 12 heteroatoms. The summed E-state index contributed by atoms with van der Waals surface area (Å²) in [7, 11) is 0. The summed E-state index contributed by atoms with van der Waals surface area (Å²) in [6, 6.07) is 2.52. The Morgan fingerprint density at radius 2 is 1.95 bits per heavy atom. The van der Waals surface area contributed by atoms with Crippen molar-refractivity contribution >= 4 is 47.3 Å². The zero-order chi connectivity index (χ0) is 29.4. The molecule has 0 aromatic heterocycles. The Balaban J connectivity index is 1.48. The number of nitrogens with zero attached hydrogens (tertiary/aromatic N) is 1. The van der Waals surface area contributed by atoms with E-state index in [1.54, 1.807) is 19.1 Å². The molecule has 2 heterocycles. The Hall–Kier alpha value is -3.44. The van der Waals surface area contributed by atoms with Crippen molar-refractivity contribution in [2.24, 2.45) is 11.3 Å². The minimum atomic E-state index is -1.18. The molecule has 3 amide bonds. The van der Waals surface area contributed by atoms with E-state index in [1.807, 2.05) is 25.7 Å². The van der Waals surface area contributed by atoms with Crippen molar-refractivity contribution in [2.45, 2.75) is 83.8 Å². The molecule has 2 bridgehead atoms. The van der Waals surface area contributed by atoms with Crippen LogP contribution in [0.4, 0.5) is 5.69 Å². The zero-order valence-electron chi connectivity index (χ0n) is 22.9. The van der Waals surface area contributed by atoms with Gasteiger partial charge in [-0.05, 0) is 42.4 Å². The number of aldehydes is 1. The van der Waals surface area contributed by atoms with E-state index >= 15 is 0 Å². The van der Waals surface area contributed by atoms with Gasteiger partial charge >= 0.3 is 5.97 Å². The Kier molecular flexibility index (Phi) is 8.55. The third-order valence-electron chi connectivity index (χ3n) is 7.50. The molecule has 2 saturated heterocycles. The zero-order valence-corrected chi connectivity index (χ0v) is 23.7. The number of nitrogens with one attached hydrogen (secondary N) is 3. The van der Waals surface area contributed by atoms with Crippen LogP contribution in [0.1, 0.15) is 63.7 Å². The number of hydrogen-bond donors (Lipinski definition) is 4. The highest BCUT2D eigenvalue weighted by molar-refractivity contribution is 6.34. The van der Waals surface area contributed by atoms with Gasteiger partial charge in [-0.3, -0.25) is 19.2 Å². The van der Waals surface area contributed by atoms with E-state index in [0.29, 0.717) is 31.2 Å². The number of epoxide rings is 1. The standard InChI is InChI=1S/C28H35ClN4O7/c1-5-20(35)30-15-7-9-18(19(29)11-15)25(38)32-24(28(2,3)4)23-27(40-23)33-17-8-6-14(10-17)22(33)26(39)31-16(13-34)12-21(36)37/h7-9,11,13-14,16,22-24,27H,5-6,10,12H2,1-4H3,(H,30,35)(H,31,39)(H,32,38)(H,36,37). The number of hydrogen-bond acceptors (Lipinski definition) is 7. The van der Waals surface area contributed by atoms with Crippen LogP contribution in [0.3, 0.4) is 0 Å². The number of carbonyl (C=O) groups excluding carboxylic acids is 4. The second kappa shape index (κ2) is 11.6. The molecule has 40 heavy (non-hydrogen) atoms. The number of carbonyl (C=O) groups is 5. The number of anilines is 1. The van der Waals surface area contributed by atoms with E-state index in [-0.39, 0.29) is 22.4 Å². The smallest absolute Gasteiger partial charge is 0.305 e. The largest absolute Gasteiger partial charge is 0.481 e. The Morgan fingerprint density at radius 3 is 2.55 bits per heavy atom. The highest BCUT2D eigenvalue weighted by atomic mass is 35.5. The van der Waals surface area contributed by atoms with Gasteiger partial charge in [-0.25, -0.2) is 0 Å². The topological polar surface area (TPSA) is 157 Å². The predicted octanol–water partition coefficient (Wildman–Crippen LogP) is 2.69. The van der Waals surface area contributed by atoms with Crippen molar-refractivity contribution in [2.75, 3.05) is 5.32 Å². The average Bonchev–Trinajstić information content (AvgIpc) is 3.35. The first-order valence-electron chi connectivity index (χ1n) is 13.3. The third-order valence-corrected chi connectivity index (χ3v) is 7.82. The van der Waals surface area contributed by atoms with Crippen LogP contribution in [0.2, 0.25) is 5.02 Å². The highest BCUT2D eigenvalue weighted by Gasteiger charge is 2.59. The van der Waals surface area contributed by atoms with Crippen LogP contribution < -0.4 is 16.0 Å². The van der Waals surface area contributed by atoms with Crippen LogP contribution in [0.25, 0.3) is 0 Å². The van der Waals surface area contributed by atoms with Crippen LogP contribution in [0, 0.1) is 11.3 Å². The van der Waals surface area contributed by atoms with E-state index in [0.717, 1.165) is 5.70 Å². The Bertz CT molecular complexity index is 1240. The molecule has 3 aliphatic rings. The summed E-state index contributed by atoms with van der Waals surface area (Å²) < 4.78 is 6.11. The molecule has 0 radical (unpaired) electrons. The number of ether oxygens (including phenoxy) is 1. The van der Waals surface area contributed by atoms with Gasteiger partial charge in [0.2, 0.25) is 11.8 Å². The van der Waals surface area contributed by atoms with Crippen molar-refractivity contribution in [1.29, 1.82) is 0 Å². The van der Waals surface area contributed by atoms with E-state index in [1.165, 1.54) is 6.07 Å². The molecule has 11 nitrogen and oxygen atoms in total. The van der Waals surface area contributed by atoms with Gasteiger partial charge in [0, 0.05) is 17.8 Å². The summed E-state index contributed by atoms with van der Waals surface area (Å²) in [5, 5.41) is 17.6. The lowest BCUT2D eigenvalue weighted by atomic mass is 9.84. The van der Waals surface area contributed by atoms with E-state index in [4.69, 9.17) is 21.4 Å². The number of halogens is 1. The predicted molar refractivity (Wildman–Crippen MR) is 146 cm³/mol. The molecule has 216 valence electrons. The lowest BCUT2D eigenvalue weighted by Gasteiger charge is -2.34. The summed E-state index contributed by atoms with van der Waals surface area (Å²) in [6.45, 7) is 7.66. The van der Waals surface area contributed by atoms with Gasteiger partial charge in [0.25, 0.3) is 5.91 Å². The summed E-state index contributed by atoms with van der Waals surface area (Å²) >= 11 is 6.39. The average molecular weight is 575 g/mol. The number of allylic oxidation sites excluding steroid dienone is 2. The molecule has 2 fully saturated rings. The number of rotatable bonds is 11. The fourth-order valence-corrected chi connectivity index (χ4v) is 5.72. The second-order valence-electron chi connectivity index (χ2n) is 11.5. The molecule has 6 unspecified atom stereocenters. The summed E-state index contributed by atoms with van der Waals surface area (Å²) in [4.78, 5) is 62.5. The number of carboxylic acid groups (broad SMARTS) is 1. The highest BCUT2D eigenvalue weighted by Crippen LogP contribution is 2.49. The first kappa shape index (κ1) is 29.5. The Morgan fingerprint density at radius 1 is 1.23 bits per heavy atom. The van der Waals surface area contributed by atoms with Gasteiger partial charge in [-0.2, -0.15) is 0 Å². The molecule has 1 aromatic rings. The molecule has 4 N–H and O–H groups in total. The molecule has 0 spiro atoms. The third kappa shape index (κ3) is 6.31. The number of fused-ring (bicyclic) bond motifs is 2. The quantitative estimate of drug-likeness (QED) is 0.232. The minimum absolute atomic E-state index is 0.00909. The van der Waals surface area contributed by atoms with Gasteiger partial charge < -0.3 is 35.5 Å². The maximum absolute atomic E-state index is 13.3. The van der Waals surface area contributed by atoms with E-state index < -0.39 is 60.1 Å².